The number of carbonyl (C=O) groups is 1. The van der Waals surface area contributed by atoms with Crippen molar-refractivity contribution >= 4 is 23.1 Å². The predicted molar refractivity (Wildman–Crippen MR) is 105 cm³/mol. The number of hydrogen-bond acceptors (Lipinski definition) is 6. The van der Waals surface area contributed by atoms with Crippen molar-refractivity contribution in [1.29, 1.82) is 0 Å². The highest BCUT2D eigenvalue weighted by atomic mass is 16.5. The molecule has 0 aliphatic carbocycles. The molecule has 1 aromatic heterocycles. The molecule has 2 fully saturated rings. The molecule has 1 N–H and O–H groups in total. The van der Waals surface area contributed by atoms with Crippen LogP contribution in [0.15, 0.2) is 42.6 Å². The van der Waals surface area contributed by atoms with Gasteiger partial charge < -0.3 is 19.9 Å². The highest BCUT2D eigenvalue weighted by Crippen LogP contribution is 2.23. The van der Waals surface area contributed by atoms with Crippen molar-refractivity contribution in [1.82, 2.24) is 10.2 Å². The van der Waals surface area contributed by atoms with Crippen LogP contribution >= 0.6 is 0 Å². The van der Waals surface area contributed by atoms with E-state index in [4.69, 9.17) is 4.74 Å². The molecule has 2 aromatic rings. The lowest BCUT2D eigenvalue weighted by molar-refractivity contribution is -0.120. The van der Waals surface area contributed by atoms with Gasteiger partial charge in [-0.1, -0.05) is 0 Å². The molecule has 2 aliphatic rings. The summed E-state index contributed by atoms with van der Waals surface area (Å²) >= 11 is 0. The Bertz CT molecular complexity index is 747. The molecule has 1 aromatic carbocycles. The molecule has 0 saturated carbocycles. The fourth-order valence-electron chi connectivity index (χ4n) is 3.68. The second-order valence-electron chi connectivity index (χ2n) is 7.00. The van der Waals surface area contributed by atoms with Gasteiger partial charge in [0.2, 0.25) is 5.91 Å². The van der Waals surface area contributed by atoms with Gasteiger partial charge >= 0.3 is 0 Å². The van der Waals surface area contributed by atoms with Gasteiger partial charge in [-0.2, -0.15) is 5.10 Å². The van der Waals surface area contributed by atoms with Gasteiger partial charge in [0, 0.05) is 43.8 Å². The molecule has 4 rings (SSSR count). The number of nitrogens with one attached hydrogen (secondary N) is 1. The average Bonchev–Trinajstić information content (AvgIpc) is 2.75. The Balaban J connectivity index is 1.35. The van der Waals surface area contributed by atoms with E-state index in [0.717, 1.165) is 57.2 Å². The number of morpholine rings is 1. The number of ether oxygens (including phenoxy) is 1. The van der Waals surface area contributed by atoms with E-state index in [1.807, 2.05) is 24.3 Å². The van der Waals surface area contributed by atoms with Crippen molar-refractivity contribution in [3.05, 3.63) is 42.6 Å². The second kappa shape index (κ2) is 8.35. The maximum atomic E-state index is 12.7. The number of benzene rings is 1. The van der Waals surface area contributed by atoms with Gasteiger partial charge in [0.05, 0.1) is 19.1 Å². The van der Waals surface area contributed by atoms with Crippen LogP contribution in [-0.2, 0) is 9.53 Å². The van der Waals surface area contributed by atoms with E-state index in [0.29, 0.717) is 6.54 Å². The molecule has 0 spiro atoms. The number of carbonyl (C=O) groups excluding carboxylic acids is 1. The topological polar surface area (TPSA) is 70.6 Å². The molecule has 3 heterocycles. The molecule has 27 heavy (non-hydrogen) atoms. The number of rotatable bonds is 4. The smallest absolute Gasteiger partial charge is 0.229 e. The molecule has 142 valence electrons. The highest BCUT2D eigenvalue weighted by molar-refractivity contribution is 5.93. The van der Waals surface area contributed by atoms with Gasteiger partial charge in [-0.15, -0.1) is 5.10 Å². The van der Waals surface area contributed by atoms with Crippen molar-refractivity contribution in [3.63, 3.8) is 0 Å². The average molecular weight is 367 g/mol. The summed E-state index contributed by atoms with van der Waals surface area (Å²) < 4.78 is 5.39. The largest absolute Gasteiger partial charge is 0.378 e. The third kappa shape index (κ3) is 4.36. The zero-order valence-electron chi connectivity index (χ0n) is 15.4. The normalized spacial score (nSPS) is 20.4. The second-order valence-corrected chi connectivity index (χ2v) is 7.00. The lowest BCUT2D eigenvalue weighted by Crippen LogP contribution is -2.41. The lowest BCUT2D eigenvalue weighted by Gasteiger charge is -2.32. The molecular weight excluding hydrogens is 342 g/mol. The predicted octanol–water partition coefficient (Wildman–Crippen LogP) is 2.17. The van der Waals surface area contributed by atoms with Crippen LogP contribution in [-0.4, -0.2) is 55.5 Å². The molecule has 2 aliphatic heterocycles. The van der Waals surface area contributed by atoms with Crippen molar-refractivity contribution < 1.29 is 9.53 Å². The SMILES string of the molecule is O=C(Nc1ccc(N2CCOCC2)cc1)C1CCCN(c2cccnn2)C1. The highest BCUT2D eigenvalue weighted by Gasteiger charge is 2.26. The number of anilines is 3. The molecule has 0 bridgehead atoms. The van der Waals surface area contributed by atoms with Crippen LogP contribution in [0.25, 0.3) is 0 Å². The number of piperidine rings is 1. The van der Waals surface area contributed by atoms with Crippen molar-refractivity contribution in [2.45, 2.75) is 12.8 Å². The summed E-state index contributed by atoms with van der Waals surface area (Å²) in [5.74, 6) is 0.868. The Hall–Kier alpha value is -2.67. The summed E-state index contributed by atoms with van der Waals surface area (Å²) in [6, 6.07) is 11.9. The van der Waals surface area contributed by atoms with Gasteiger partial charge in [0.15, 0.2) is 5.82 Å². The standard InChI is InChI=1S/C20H25N5O2/c26-20(16-3-2-10-25(15-16)19-4-1-9-21-23-19)22-17-5-7-18(8-6-17)24-11-13-27-14-12-24/h1,4-9,16H,2-3,10-15H2,(H,22,26). The molecule has 7 heteroatoms. The van der Waals surface area contributed by atoms with Gasteiger partial charge in [-0.3, -0.25) is 4.79 Å². The van der Waals surface area contributed by atoms with E-state index in [1.54, 1.807) is 6.20 Å². The van der Waals surface area contributed by atoms with Crippen molar-refractivity contribution in [2.24, 2.45) is 5.92 Å². The molecule has 7 nitrogen and oxygen atoms in total. The van der Waals surface area contributed by atoms with Gasteiger partial charge in [0.1, 0.15) is 0 Å². The Kier molecular flexibility index (Phi) is 5.48. The minimum Gasteiger partial charge on any atom is -0.378 e. The zero-order valence-corrected chi connectivity index (χ0v) is 15.4. The fourth-order valence-corrected chi connectivity index (χ4v) is 3.68. The van der Waals surface area contributed by atoms with E-state index in [2.05, 4.69) is 37.4 Å². The first-order chi connectivity index (χ1) is 13.3. The summed E-state index contributed by atoms with van der Waals surface area (Å²) in [6.45, 7) is 4.94. The number of nitrogens with zero attached hydrogens (tertiary/aromatic N) is 4. The van der Waals surface area contributed by atoms with Crippen LogP contribution in [0.2, 0.25) is 0 Å². The van der Waals surface area contributed by atoms with E-state index < -0.39 is 0 Å². The first kappa shape index (κ1) is 17.7. The van der Waals surface area contributed by atoms with E-state index in [1.165, 1.54) is 5.69 Å². The maximum absolute atomic E-state index is 12.7. The Morgan fingerprint density at radius 3 is 2.63 bits per heavy atom. The molecule has 2 saturated heterocycles. The van der Waals surface area contributed by atoms with Crippen LogP contribution in [0.4, 0.5) is 17.2 Å². The Morgan fingerprint density at radius 2 is 1.89 bits per heavy atom. The third-order valence-electron chi connectivity index (χ3n) is 5.19. The molecule has 1 amide bonds. The summed E-state index contributed by atoms with van der Waals surface area (Å²) in [6.07, 6.45) is 3.54. The van der Waals surface area contributed by atoms with Gasteiger partial charge in [-0.25, -0.2) is 0 Å². The van der Waals surface area contributed by atoms with E-state index in [-0.39, 0.29) is 11.8 Å². The van der Waals surface area contributed by atoms with E-state index >= 15 is 0 Å². The lowest BCUT2D eigenvalue weighted by atomic mass is 9.97. The maximum Gasteiger partial charge on any atom is 0.229 e. The number of aromatic nitrogens is 2. The number of hydrogen-bond donors (Lipinski definition) is 1. The minimum absolute atomic E-state index is 0.0420. The summed E-state index contributed by atoms with van der Waals surface area (Å²) in [7, 11) is 0. The Morgan fingerprint density at radius 1 is 1.07 bits per heavy atom. The van der Waals surface area contributed by atoms with E-state index in [9.17, 15) is 4.79 Å². The van der Waals surface area contributed by atoms with Crippen LogP contribution in [0, 0.1) is 5.92 Å². The molecule has 1 atom stereocenters. The number of amides is 1. The van der Waals surface area contributed by atoms with Crippen LogP contribution < -0.4 is 15.1 Å². The van der Waals surface area contributed by atoms with Crippen LogP contribution in [0.1, 0.15) is 12.8 Å². The fraction of sp³-hybridized carbons (Fsp3) is 0.450. The van der Waals surface area contributed by atoms with Crippen LogP contribution in [0.3, 0.4) is 0 Å². The Labute approximate surface area is 159 Å². The van der Waals surface area contributed by atoms with Gasteiger partial charge in [0.25, 0.3) is 0 Å². The van der Waals surface area contributed by atoms with Gasteiger partial charge in [-0.05, 0) is 49.2 Å². The first-order valence-electron chi connectivity index (χ1n) is 9.56. The zero-order chi connectivity index (χ0) is 18.5. The molecular formula is C20H25N5O2. The van der Waals surface area contributed by atoms with Crippen molar-refractivity contribution in [3.8, 4) is 0 Å². The minimum atomic E-state index is -0.0420. The van der Waals surface area contributed by atoms with Crippen molar-refractivity contribution in [2.75, 3.05) is 54.5 Å². The first-order valence-corrected chi connectivity index (χ1v) is 9.56. The summed E-state index contributed by atoms with van der Waals surface area (Å²) in [5.41, 5.74) is 2.01. The van der Waals surface area contributed by atoms with Crippen LogP contribution in [0.5, 0.6) is 0 Å². The molecule has 0 radical (unpaired) electrons. The molecule has 1 unspecified atom stereocenters. The quantitative estimate of drug-likeness (QED) is 0.893. The summed E-state index contributed by atoms with van der Waals surface area (Å²) in [4.78, 5) is 17.2. The monoisotopic (exact) mass is 367 g/mol. The third-order valence-corrected chi connectivity index (χ3v) is 5.19. The summed E-state index contributed by atoms with van der Waals surface area (Å²) in [5, 5.41) is 11.2.